The topological polar surface area (TPSA) is 88.5 Å². The van der Waals surface area contributed by atoms with E-state index >= 15 is 0 Å². The number of hydrogen-bond donors (Lipinski definition) is 2. The molecule has 0 bridgehead atoms. The summed E-state index contributed by atoms with van der Waals surface area (Å²) in [6, 6.07) is 9.17. The molecule has 0 aliphatic rings. The molecule has 4 rings (SSSR count). The molecular weight excluding hydrogens is 445 g/mol. The van der Waals surface area contributed by atoms with Gasteiger partial charge in [0.05, 0.1) is 34.5 Å². The highest BCUT2D eigenvalue weighted by molar-refractivity contribution is 6.33. The van der Waals surface area contributed by atoms with Crippen molar-refractivity contribution < 1.29 is 13.2 Å². The van der Waals surface area contributed by atoms with Crippen LogP contribution in [0.25, 0.3) is 16.9 Å². The predicted octanol–water partition coefficient (Wildman–Crippen LogP) is 4.99. The van der Waals surface area contributed by atoms with Crippen LogP contribution in [0, 0.1) is 5.92 Å². The van der Waals surface area contributed by atoms with E-state index in [9.17, 15) is 18.0 Å². The number of anilines is 1. The van der Waals surface area contributed by atoms with Crippen molar-refractivity contribution in [1.82, 2.24) is 24.7 Å². The fourth-order valence-electron chi connectivity index (χ4n) is 3.21. The first-order valence-electron chi connectivity index (χ1n) is 9.68. The zero-order valence-electron chi connectivity index (χ0n) is 17.0. The van der Waals surface area contributed by atoms with Gasteiger partial charge < -0.3 is 10.3 Å². The average molecular weight is 463 g/mol. The van der Waals surface area contributed by atoms with Crippen LogP contribution in [-0.2, 0) is 6.18 Å². The SMILES string of the molecule is CC(C)[C@@H](Nc1cnn(-c2ccc(C(F)(F)F)cn2)c(=O)c1Cl)c1nc2ccccc2[nH]1. The van der Waals surface area contributed by atoms with Crippen molar-refractivity contribution in [3.63, 3.8) is 0 Å². The standard InChI is InChI=1S/C21H18ClF3N6O/c1-11(2)18(19-29-13-5-3-4-6-14(13)30-19)28-15-10-27-31(20(32)17(15)22)16-8-7-12(9-26-16)21(23,24)25/h3-11,18,28H,1-2H3,(H,29,30)/t18-/m1/s1. The number of aromatic amines is 1. The van der Waals surface area contributed by atoms with Crippen LogP contribution in [0.15, 0.2) is 53.6 Å². The third kappa shape index (κ3) is 4.18. The second-order valence-electron chi connectivity index (χ2n) is 7.50. The first kappa shape index (κ1) is 21.8. The van der Waals surface area contributed by atoms with Crippen LogP contribution >= 0.6 is 11.6 Å². The summed E-state index contributed by atoms with van der Waals surface area (Å²) in [4.78, 5) is 24.3. The highest BCUT2D eigenvalue weighted by Gasteiger charge is 2.31. The molecule has 166 valence electrons. The smallest absolute Gasteiger partial charge is 0.372 e. The van der Waals surface area contributed by atoms with E-state index in [1.54, 1.807) is 0 Å². The summed E-state index contributed by atoms with van der Waals surface area (Å²) in [5.41, 5.74) is 0.324. The summed E-state index contributed by atoms with van der Waals surface area (Å²) in [5.74, 6) is 0.672. The van der Waals surface area contributed by atoms with Gasteiger partial charge in [0.2, 0.25) is 0 Å². The second-order valence-corrected chi connectivity index (χ2v) is 7.88. The van der Waals surface area contributed by atoms with Crippen LogP contribution in [0.5, 0.6) is 0 Å². The van der Waals surface area contributed by atoms with Crippen molar-refractivity contribution in [1.29, 1.82) is 0 Å². The van der Waals surface area contributed by atoms with E-state index < -0.39 is 17.3 Å². The Labute approximate surface area is 185 Å². The number of benzene rings is 1. The number of halogens is 4. The number of aromatic nitrogens is 5. The number of nitrogens with zero attached hydrogens (tertiary/aromatic N) is 4. The monoisotopic (exact) mass is 462 g/mol. The third-order valence-corrected chi connectivity index (χ3v) is 5.26. The van der Waals surface area contributed by atoms with Crippen molar-refractivity contribution in [3.05, 3.63) is 75.6 Å². The minimum Gasteiger partial charge on any atom is -0.372 e. The number of para-hydroxylation sites is 2. The summed E-state index contributed by atoms with van der Waals surface area (Å²) in [6.45, 7) is 3.97. The fourth-order valence-corrected chi connectivity index (χ4v) is 3.40. The van der Waals surface area contributed by atoms with Crippen LogP contribution < -0.4 is 10.9 Å². The highest BCUT2D eigenvalue weighted by atomic mass is 35.5. The molecule has 11 heteroatoms. The Morgan fingerprint density at radius 1 is 1.12 bits per heavy atom. The highest BCUT2D eigenvalue weighted by Crippen LogP contribution is 2.30. The van der Waals surface area contributed by atoms with Crippen LogP contribution in [-0.4, -0.2) is 24.7 Å². The number of alkyl halides is 3. The normalized spacial score (nSPS) is 13.0. The number of H-pyrrole nitrogens is 1. The van der Waals surface area contributed by atoms with Gasteiger partial charge >= 0.3 is 6.18 Å². The van der Waals surface area contributed by atoms with Gasteiger partial charge in [-0.15, -0.1) is 0 Å². The van der Waals surface area contributed by atoms with Crippen LogP contribution in [0.3, 0.4) is 0 Å². The number of pyridine rings is 1. The van der Waals surface area contributed by atoms with Gasteiger partial charge in [-0.1, -0.05) is 37.6 Å². The molecule has 0 aliphatic heterocycles. The molecule has 32 heavy (non-hydrogen) atoms. The van der Waals surface area contributed by atoms with Crippen LogP contribution in [0.4, 0.5) is 18.9 Å². The Morgan fingerprint density at radius 3 is 2.50 bits per heavy atom. The molecule has 0 fully saturated rings. The Bertz CT molecular complexity index is 1280. The Kier molecular flexibility index (Phi) is 5.64. The molecule has 0 saturated carbocycles. The molecule has 0 amide bonds. The molecule has 0 unspecified atom stereocenters. The lowest BCUT2D eigenvalue weighted by molar-refractivity contribution is -0.137. The molecule has 0 aliphatic carbocycles. The number of rotatable bonds is 5. The van der Waals surface area contributed by atoms with Gasteiger partial charge in [-0.3, -0.25) is 4.79 Å². The lowest BCUT2D eigenvalue weighted by Gasteiger charge is -2.22. The Morgan fingerprint density at radius 2 is 1.88 bits per heavy atom. The summed E-state index contributed by atoms with van der Waals surface area (Å²) in [6.07, 6.45) is -2.56. The van der Waals surface area contributed by atoms with Gasteiger partial charge in [0.15, 0.2) is 5.82 Å². The predicted molar refractivity (Wildman–Crippen MR) is 115 cm³/mol. The van der Waals surface area contributed by atoms with Gasteiger partial charge in [0.1, 0.15) is 10.8 Å². The maximum atomic E-state index is 12.8. The lowest BCUT2D eigenvalue weighted by atomic mass is 10.0. The molecular formula is C21H18ClF3N6O. The molecule has 0 spiro atoms. The fraction of sp³-hybridized carbons (Fsp3) is 0.238. The number of hydrogen-bond acceptors (Lipinski definition) is 5. The molecule has 1 atom stereocenters. The van der Waals surface area contributed by atoms with E-state index in [2.05, 4.69) is 25.4 Å². The van der Waals surface area contributed by atoms with Gasteiger partial charge in [-0.05, 0) is 30.2 Å². The van der Waals surface area contributed by atoms with Gasteiger partial charge in [-0.2, -0.15) is 23.0 Å². The zero-order chi connectivity index (χ0) is 23.0. The maximum Gasteiger partial charge on any atom is 0.417 e. The summed E-state index contributed by atoms with van der Waals surface area (Å²) in [5, 5.41) is 7.07. The van der Waals surface area contributed by atoms with Crippen molar-refractivity contribution >= 4 is 28.3 Å². The van der Waals surface area contributed by atoms with E-state index in [0.717, 1.165) is 27.8 Å². The summed E-state index contributed by atoms with van der Waals surface area (Å²) < 4.78 is 39.1. The maximum absolute atomic E-state index is 12.8. The number of nitrogens with one attached hydrogen (secondary N) is 2. The van der Waals surface area contributed by atoms with Crippen molar-refractivity contribution in [2.45, 2.75) is 26.1 Å². The van der Waals surface area contributed by atoms with E-state index in [1.165, 1.54) is 6.20 Å². The Hall–Kier alpha value is -3.40. The van der Waals surface area contributed by atoms with Gasteiger partial charge in [0, 0.05) is 6.20 Å². The first-order chi connectivity index (χ1) is 15.1. The average Bonchev–Trinajstić information content (AvgIpc) is 3.18. The first-order valence-corrected chi connectivity index (χ1v) is 10.1. The molecule has 0 radical (unpaired) electrons. The van der Waals surface area contributed by atoms with E-state index in [0.29, 0.717) is 12.0 Å². The van der Waals surface area contributed by atoms with E-state index in [4.69, 9.17) is 11.6 Å². The molecule has 2 N–H and O–H groups in total. The molecule has 1 aromatic carbocycles. The van der Waals surface area contributed by atoms with E-state index in [1.807, 2.05) is 38.1 Å². The zero-order valence-corrected chi connectivity index (χ0v) is 17.7. The molecule has 3 aromatic heterocycles. The summed E-state index contributed by atoms with van der Waals surface area (Å²) in [7, 11) is 0. The largest absolute Gasteiger partial charge is 0.417 e. The third-order valence-electron chi connectivity index (χ3n) is 4.89. The quantitative estimate of drug-likeness (QED) is 0.436. The second kappa shape index (κ2) is 8.27. The Balaban J connectivity index is 1.65. The van der Waals surface area contributed by atoms with Crippen molar-refractivity contribution in [3.8, 4) is 5.82 Å². The minimum atomic E-state index is -4.53. The van der Waals surface area contributed by atoms with Crippen LogP contribution in [0.1, 0.15) is 31.3 Å². The lowest BCUT2D eigenvalue weighted by Crippen LogP contribution is -2.25. The van der Waals surface area contributed by atoms with Gasteiger partial charge in [0.25, 0.3) is 5.56 Å². The van der Waals surface area contributed by atoms with E-state index in [-0.39, 0.29) is 28.5 Å². The summed E-state index contributed by atoms with van der Waals surface area (Å²) >= 11 is 6.29. The number of fused-ring (bicyclic) bond motifs is 1. The molecule has 0 saturated heterocycles. The molecule has 3 heterocycles. The minimum absolute atomic E-state index is 0.0747. The molecule has 7 nitrogen and oxygen atoms in total. The van der Waals surface area contributed by atoms with Crippen LogP contribution in [0.2, 0.25) is 5.02 Å². The molecule has 4 aromatic rings. The van der Waals surface area contributed by atoms with Crippen molar-refractivity contribution in [2.75, 3.05) is 5.32 Å². The number of imidazole rings is 1. The van der Waals surface area contributed by atoms with Crippen molar-refractivity contribution in [2.24, 2.45) is 5.92 Å². The van der Waals surface area contributed by atoms with Gasteiger partial charge in [-0.25, -0.2) is 9.97 Å².